The zero-order valence-electron chi connectivity index (χ0n) is 21.5. The van der Waals surface area contributed by atoms with E-state index in [0.717, 1.165) is 44.1 Å². The van der Waals surface area contributed by atoms with Gasteiger partial charge in [0.2, 0.25) is 5.91 Å². The maximum absolute atomic E-state index is 13.3. The van der Waals surface area contributed by atoms with Crippen LogP contribution in [-0.4, -0.2) is 47.9 Å². The first kappa shape index (κ1) is 26.2. The van der Waals surface area contributed by atoms with Crippen LogP contribution in [0.2, 0.25) is 0 Å². The number of carbonyl (C=O) groups excluding carboxylic acids is 3. The zero-order chi connectivity index (χ0) is 26.4. The van der Waals surface area contributed by atoms with Gasteiger partial charge in [-0.3, -0.25) is 9.59 Å². The molecule has 2 fully saturated rings. The zero-order valence-corrected chi connectivity index (χ0v) is 21.5. The number of nitriles is 1. The Balaban J connectivity index is 1.35. The van der Waals surface area contributed by atoms with Crippen LogP contribution in [0.4, 0.5) is 10.5 Å². The van der Waals surface area contributed by atoms with Crippen molar-refractivity contribution in [3.63, 3.8) is 0 Å². The number of hydrogen-bond donors (Lipinski definition) is 3. The van der Waals surface area contributed by atoms with Crippen molar-refractivity contribution < 1.29 is 14.4 Å². The lowest BCUT2D eigenvalue weighted by Gasteiger charge is -2.33. The molecule has 0 aromatic heterocycles. The van der Waals surface area contributed by atoms with Crippen molar-refractivity contribution in [1.82, 2.24) is 15.5 Å². The number of benzene rings is 2. The fraction of sp³-hybridized carbons (Fsp3) is 0.448. The molecule has 2 atom stereocenters. The Labute approximate surface area is 218 Å². The minimum Gasteiger partial charge on any atom is -0.352 e. The van der Waals surface area contributed by atoms with Crippen LogP contribution in [-0.2, 0) is 4.79 Å². The van der Waals surface area contributed by atoms with Gasteiger partial charge in [0, 0.05) is 37.3 Å². The van der Waals surface area contributed by atoms with Gasteiger partial charge in [0.1, 0.15) is 0 Å². The Morgan fingerprint density at radius 2 is 1.57 bits per heavy atom. The van der Waals surface area contributed by atoms with Gasteiger partial charge in [-0.05, 0) is 73.9 Å². The topological polar surface area (TPSA) is 114 Å². The number of amides is 4. The Morgan fingerprint density at radius 3 is 2.19 bits per heavy atom. The van der Waals surface area contributed by atoms with Gasteiger partial charge >= 0.3 is 6.03 Å². The first-order valence-corrected chi connectivity index (χ1v) is 13.1. The molecule has 3 N–H and O–H groups in total. The van der Waals surface area contributed by atoms with Gasteiger partial charge in [-0.1, -0.05) is 31.0 Å². The minimum absolute atomic E-state index is 0.0419. The van der Waals surface area contributed by atoms with Crippen LogP contribution < -0.4 is 16.0 Å². The molecule has 1 saturated carbocycles. The van der Waals surface area contributed by atoms with Crippen molar-refractivity contribution in [3.8, 4) is 6.07 Å². The average Bonchev–Trinajstić information content (AvgIpc) is 2.90. The molecule has 2 aliphatic rings. The average molecular weight is 502 g/mol. The number of urea groups is 1. The second kappa shape index (κ2) is 11.9. The molecule has 0 radical (unpaired) electrons. The van der Waals surface area contributed by atoms with E-state index in [0.29, 0.717) is 35.8 Å². The number of rotatable bonds is 5. The predicted molar refractivity (Wildman–Crippen MR) is 142 cm³/mol. The minimum atomic E-state index is -0.335. The predicted octanol–water partition coefficient (Wildman–Crippen LogP) is 4.46. The number of nitrogens with one attached hydrogen (secondary N) is 3. The van der Waals surface area contributed by atoms with Crippen molar-refractivity contribution in [1.29, 1.82) is 5.26 Å². The highest BCUT2D eigenvalue weighted by molar-refractivity contribution is 5.97. The molecule has 1 aliphatic heterocycles. The highest BCUT2D eigenvalue weighted by atomic mass is 16.2. The van der Waals surface area contributed by atoms with E-state index in [9.17, 15) is 14.4 Å². The largest absolute Gasteiger partial charge is 0.352 e. The summed E-state index contributed by atoms with van der Waals surface area (Å²) in [6.07, 6.45) is 5.43. The van der Waals surface area contributed by atoms with Crippen LogP contribution >= 0.6 is 0 Å². The van der Waals surface area contributed by atoms with E-state index in [1.165, 1.54) is 12.5 Å². The number of anilines is 1. The summed E-state index contributed by atoms with van der Waals surface area (Å²) in [4.78, 5) is 39.5. The molecule has 0 unspecified atom stereocenters. The van der Waals surface area contributed by atoms with E-state index in [4.69, 9.17) is 5.26 Å². The molecule has 1 heterocycles. The maximum Gasteiger partial charge on any atom is 0.319 e. The van der Waals surface area contributed by atoms with Crippen LogP contribution in [0.15, 0.2) is 42.5 Å². The van der Waals surface area contributed by atoms with E-state index in [1.807, 2.05) is 42.2 Å². The Bertz CT molecular complexity index is 1180. The smallest absolute Gasteiger partial charge is 0.319 e. The van der Waals surface area contributed by atoms with Crippen molar-refractivity contribution in [3.05, 3.63) is 64.7 Å². The molecule has 194 valence electrons. The van der Waals surface area contributed by atoms with Gasteiger partial charge in [-0.2, -0.15) is 5.26 Å². The van der Waals surface area contributed by atoms with Gasteiger partial charge < -0.3 is 20.9 Å². The molecule has 2 aromatic carbocycles. The maximum atomic E-state index is 13.3. The highest BCUT2D eigenvalue weighted by Crippen LogP contribution is 2.29. The normalized spacial score (nSPS) is 20.0. The third-order valence-electron chi connectivity index (χ3n) is 7.50. The third-order valence-corrected chi connectivity index (χ3v) is 7.50. The lowest BCUT2D eigenvalue weighted by Crippen LogP contribution is -2.53. The van der Waals surface area contributed by atoms with Crippen LogP contribution in [0.1, 0.15) is 78.4 Å². The molecule has 4 amide bonds. The van der Waals surface area contributed by atoms with Crippen LogP contribution in [0.5, 0.6) is 0 Å². The molecule has 37 heavy (non-hydrogen) atoms. The summed E-state index contributed by atoms with van der Waals surface area (Å²) in [5.41, 5.74) is 3.88. The molecule has 1 saturated heterocycles. The molecule has 1 aliphatic carbocycles. The quantitative estimate of drug-likeness (QED) is 0.561. The lowest BCUT2D eigenvalue weighted by molar-refractivity contribution is -0.120. The molecular weight excluding hydrogens is 466 g/mol. The third kappa shape index (κ3) is 6.67. The first-order chi connectivity index (χ1) is 17.8. The number of likely N-dealkylation sites (tertiary alicyclic amines) is 1. The van der Waals surface area contributed by atoms with E-state index in [1.54, 1.807) is 12.1 Å². The fourth-order valence-electron chi connectivity index (χ4n) is 5.38. The van der Waals surface area contributed by atoms with E-state index in [2.05, 4.69) is 22.0 Å². The summed E-state index contributed by atoms with van der Waals surface area (Å²) >= 11 is 0. The van der Waals surface area contributed by atoms with Gasteiger partial charge in [0.25, 0.3) is 5.91 Å². The van der Waals surface area contributed by atoms with Crippen molar-refractivity contribution in [2.75, 3.05) is 18.4 Å². The van der Waals surface area contributed by atoms with E-state index < -0.39 is 0 Å². The number of carbonyl (C=O) groups is 3. The van der Waals surface area contributed by atoms with Crippen LogP contribution in [0, 0.1) is 18.3 Å². The second-order valence-electron chi connectivity index (χ2n) is 10.1. The van der Waals surface area contributed by atoms with Crippen molar-refractivity contribution in [2.24, 2.45) is 0 Å². The van der Waals surface area contributed by atoms with Gasteiger partial charge in [0.05, 0.1) is 17.7 Å². The van der Waals surface area contributed by atoms with E-state index >= 15 is 0 Å². The van der Waals surface area contributed by atoms with Crippen molar-refractivity contribution in [2.45, 2.75) is 70.4 Å². The molecular formula is C29H35N5O3. The Hall–Kier alpha value is -3.86. The first-order valence-electron chi connectivity index (χ1n) is 13.1. The van der Waals surface area contributed by atoms with Gasteiger partial charge in [-0.15, -0.1) is 0 Å². The Kier molecular flexibility index (Phi) is 8.44. The van der Waals surface area contributed by atoms with Crippen molar-refractivity contribution >= 4 is 23.5 Å². The molecule has 0 spiro atoms. The monoisotopic (exact) mass is 501 g/mol. The van der Waals surface area contributed by atoms with E-state index in [-0.39, 0.29) is 29.9 Å². The summed E-state index contributed by atoms with van der Waals surface area (Å²) in [6, 6.07) is 14.7. The highest BCUT2D eigenvalue weighted by Gasteiger charge is 2.28. The number of aryl methyl sites for hydroxylation is 1. The van der Waals surface area contributed by atoms with Gasteiger partial charge in [0.15, 0.2) is 0 Å². The second-order valence-corrected chi connectivity index (χ2v) is 10.1. The molecule has 0 bridgehead atoms. The summed E-state index contributed by atoms with van der Waals surface area (Å²) in [5, 5.41) is 17.9. The molecule has 8 nitrogen and oxygen atoms in total. The van der Waals surface area contributed by atoms with Crippen LogP contribution in [0.3, 0.4) is 0 Å². The SMILES string of the molecule is CC(=O)N[C@@H]1CCCC[C@@H]1NC(=O)Nc1cc(C(=O)N2CCC(c3ccc(C#N)cc3)CC2)ccc1C. The molecule has 4 rings (SSSR count). The summed E-state index contributed by atoms with van der Waals surface area (Å²) in [5.74, 6) is 0.235. The fourth-order valence-corrected chi connectivity index (χ4v) is 5.38. The number of piperidine rings is 1. The number of hydrogen-bond acceptors (Lipinski definition) is 4. The lowest BCUT2D eigenvalue weighted by atomic mass is 9.89. The van der Waals surface area contributed by atoms with Gasteiger partial charge in [-0.25, -0.2) is 4.79 Å². The molecule has 2 aromatic rings. The Morgan fingerprint density at radius 1 is 0.919 bits per heavy atom. The summed E-state index contributed by atoms with van der Waals surface area (Å²) in [7, 11) is 0. The molecule has 8 heteroatoms. The standard InChI is InChI=1S/C29H35N5O3/c1-19-7-10-24(17-27(19)33-29(37)32-26-6-4-3-5-25(26)31-20(2)35)28(36)34-15-13-23(14-16-34)22-11-8-21(18-30)9-12-22/h7-12,17,23,25-26H,3-6,13-16H2,1-2H3,(H,31,35)(H2,32,33,37)/t25-,26+/m1/s1. The van der Waals surface area contributed by atoms with Crippen LogP contribution in [0.25, 0.3) is 0 Å². The summed E-state index contributed by atoms with van der Waals surface area (Å²) in [6.45, 7) is 4.71. The number of nitrogens with zero attached hydrogens (tertiary/aromatic N) is 2. The summed E-state index contributed by atoms with van der Waals surface area (Å²) < 4.78 is 0.